The van der Waals surface area contributed by atoms with Crippen LogP contribution in [0, 0.1) is 0 Å². The summed E-state index contributed by atoms with van der Waals surface area (Å²) in [4.78, 5) is 13.0. The van der Waals surface area contributed by atoms with Gasteiger partial charge in [0.25, 0.3) is 0 Å². The first kappa shape index (κ1) is 9.96. The molecule has 0 aromatic carbocycles. The maximum Gasteiger partial charge on any atom is 0.235 e. The van der Waals surface area contributed by atoms with E-state index in [1.54, 1.807) is 12.4 Å². The Morgan fingerprint density at radius 2 is 1.81 bits per heavy atom. The van der Waals surface area contributed by atoms with Crippen molar-refractivity contribution in [2.24, 2.45) is 0 Å². The highest BCUT2D eigenvalue weighted by Crippen LogP contribution is 2.21. The normalized spacial score (nSPS) is 14.8. The molecule has 2 heterocycles. The molecule has 1 aliphatic rings. The molecule has 0 fully saturated rings. The molecule has 0 N–H and O–H groups in total. The molecule has 0 spiro atoms. The third-order valence-electron chi connectivity index (χ3n) is 2.85. The lowest BCUT2D eigenvalue weighted by molar-refractivity contribution is 0.651. The monoisotopic (exact) mass is 278 g/mol. The van der Waals surface area contributed by atoms with E-state index < -0.39 is 0 Å². The molecular formula is C11H11BrN4. The molecule has 0 saturated heterocycles. The van der Waals surface area contributed by atoms with Crippen LogP contribution in [0.1, 0.15) is 24.2 Å². The smallest absolute Gasteiger partial charge is 0.235 e. The van der Waals surface area contributed by atoms with Gasteiger partial charge in [0.2, 0.25) is 5.95 Å². The summed E-state index contributed by atoms with van der Waals surface area (Å²) in [6.07, 6.45) is 9.99. The van der Waals surface area contributed by atoms with Gasteiger partial charge < -0.3 is 0 Å². The zero-order chi connectivity index (χ0) is 11.0. The Bertz CT molecular complexity index is 503. The highest BCUT2D eigenvalue weighted by Gasteiger charge is 2.16. The summed E-state index contributed by atoms with van der Waals surface area (Å²) in [6, 6.07) is 0. The third kappa shape index (κ3) is 1.65. The Morgan fingerprint density at radius 3 is 2.62 bits per heavy atom. The summed E-state index contributed by atoms with van der Waals surface area (Å²) >= 11 is 3.33. The first-order valence-corrected chi connectivity index (χ1v) is 6.17. The van der Waals surface area contributed by atoms with Gasteiger partial charge >= 0.3 is 0 Å². The Hall–Kier alpha value is -1.23. The molecule has 0 unspecified atom stereocenters. The molecule has 82 valence electrons. The molecule has 0 radical (unpaired) electrons. The first-order chi connectivity index (χ1) is 7.84. The van der Waals surface area contributed by atoms with E-state index in [1.807, 2.05) is 10.9 Å². The van der Waals surface area contributed by atoms with Crippen LogP contribution in [0.3, 0.4) is 0 Å². The fraction of sp³-hybridized carbons (Fsp3) is 0.364. The van der Waals surface area contributed by atoms with E-state index in [4.69, 9.17) is 0 Å². The molecule has 5 heteroatoms. The predicted molar refractivity (Wildman–Crippen MR) is 63.5 cm³/mol. The molecule has 1 aliphatic carbocycles. The van der Waals surface area contributed by atoms with Crippen molar-refractivity contribution in [3.63, 3.8) is 0 Å². The van der Waals surface area contributed by atoms with E-state index in [0.717, 1.165) is 17.3 Å². The zero-order valence-corrected chi connectivity index (χ0v) is 10.3. The Labute approximate surface area is 102 Å². The van der Waals surface area contributed by atoms with Gasteiger partial charge in [0.15, 0.2) is 0 Å². The summed E-state index contributed by atoms with van der Waals surface area (Å²) in [6.45, 7) is 0. The van der Waals surface area contributed by atoms with Crippen LogP contribution >= 0.6 is 15.9 Å². The van der Waals surface area contributed by atoms with Crippen molar-refractivity contribution >= 4 is 15.9 Å². The van der Waals surface area contributed by atoms with Gasteiger partial charge in [0.1, 0.15) is 6.33 Å². The van der Waals surface area contributed by atoms with Crippen LogP contribution in [0.2, 0.25) is 0 Å². The molecule has 3 rings (SSSR count). The largest absolute Gasteiger partial charge is 0.271 e. The average Bonchev–Trinajstić information content (AvgIpc) is 2.74. The second-order valence-electron chi connectivity index (χ2n) is 3.92. The number of fused-ring (bicyclic) bond motifs is 1. The lowest BCUT2D eigenvalue weighted by Gasteiger charge is -2.12. The number of imidazole rings is 1. The summed E-state index contributed by atoms with van der Waals surface area (Å²) in [7, 11) is 0. The maximum atomic E-state index is 4.43. The maximum absolute atomic E-state index is 4.43. The van der Waals surface area contributed by atoms with Crippen LogP contribution in [0.5, 0.6) is 0 Å². The van der Waals surface area contributed by atoms with Crippen molar-refractivity contribution in [2.45, 2.75) is 25.7 Å². The van der Waals surface area contributed by atoms with Gasteiger partial charge in [0.05, 0.1) is 10.2 Å². The van der Waals surface area contributed by atoms with Crippen molar-refractivity contribution in [3.05, 3.63) is 34.6 Å². The fourth-order valence-electron chi connectivity index (χ4n) is 2.07. The standard InChI is InChI=1S/C11H11BrN4/c12-8-5-13-11(14-6-8)16-7-15-9-3-1-2-4-10(9)16/h5-7H,1-4H2. The number of rotatable bonds is 1. The van der Waals surface area contributed by atoms with Gasteiger partial charge in [-0.15, -0.1) is 0 Å². The molecule has 2 aromatic heterocycles. The Balaban J connectivity index is 2.06. The van der Waals surface area contributed by atoms with Crippen LogP contribution in [0.4, 0.5) is 0 Å². The van der Waals surface area contributed by atoms with Crippen LogP contribution < -0.4 is 0 Å². The summed E-state index contributed by atoms with van der Waals surface area (Å²) in [5.74, 6) is 0.707. The number of aromatic nitrogens is 4. The van der Waals surface area contributed by atoms with Crippen molar-refractivity contribution in [2.75, 3.05) is 0 Å². The SMILES string of the molecule is Brc1cnc(-n2cnc3c2CCCC3)nc1. The molecule has 2 aromatic rings. The van der Waals surface area contributed by atoms with Crippen molar-refractivity contribution < 1.29 is 0 Å². The Morgan fingerprint density at radius 1 is 1.06 bits per heavy atom. The molecular weight excluding hydrogens is 268 g/mol. The Kier molecular flexibility index (Phi) is 2.47. The summed E-state index contributed by atoms with van der Waals surface area (Å²) in [5, 5.41) is 0. The number of hydrogen-bond acceptors (Lipinski definition) is 3. The van der Waals surface area contributed by atoms with Gasteiger partial charge in [-0.25, -0.2) is 15.0 Å². The fourth-order valence-corrected chi connectivity index (χ4v) is 2.28. The molecule has 0 saturated carbocycles. The number of nitrogens with zero attached hydrogens (tertiary/aromatic N) is 4. The van der Waals surface area contributed by atoms with Crippen LogP contribution in [0.25, 0.3) is 5.95 Å². The zero-order valence-electron chi connectivity index (χ0n) is 8.73. The molecule has 0 amide bonds. The van der Waals surface area contributed by atoms with E-state index in [0.29, 0.717) is 5.95 Å². The summed E-state index contributed by atoms with van der Waals surface area (Å²) in [5.41, 5.74) is 2.48. The number of aryl methyl sites for hydroxylation is 1. The molecule has 0 aliphatic heterocycles. The van der Waals surface area contributed by atoms with E-state index >= 15 is 0 Å². The lowest BCUT2D eigenvalue weighted by Crippen LogP contribution is -2.08. The topological polar surface area (TPSA) is 43.6 Å². The highest BCUT2D eigenvalue weighted by atomic mass is 79.9. The van der Waals surface area contributed by atoms with Crippen LogP contribution in [0.15, 0.2) is 23.2 Å². The summed E-state index contributed by atoms with van der Waals surface area (Å²) < 4.78 is 2.89. The minimum atomic E-state index is 0.707. The van der Waals surface area contributed by atoms with Gasteiger partial charge in [-0.2, -0.15) is 0 Å². The first-order valence-electron chi connectivity index (χ1n) is 5.37. The highest BCUT2D eigenvalue weighted by molar-refractivity contribution is 9.10. The van der Waals surface area contributed by atoms with E-state index in [9.17, 15) is 0 Å². The van der Waals surface area contributed by atoms with Crippen molar-refractivity contribution in [1.82, 2.24) is 19.5 Å². The van der Waals surface area contributed by atoms with Crippen LogP contribution in [-0.2, 0) is 12.8 Å². The van der Waals surface area contributed by atoms with Gasteiger partial charge in [-0.05, 0) is 41.6 Å². The number of hydrogen-bond donors (Lipinski definition) is 0. The quantitative estimate of drug-likeness (QED) is 0.804. The van der Waals surface area contributed by atoms with Crippen molar-refractivity contribution in [3.8, 4) is 5.95 Å². The average molecular weight is 279 g/mol. The number of halogens is 1. The van der Waals surface area contributed by atoms with Crippen LogP contribution in [-0.4, -0.2) is 19.5 Å². The molecule has 4 nitrogen and oxygen atoms in total. The second-order valence-corrected chi connectivity index (χ2v) is 4.83. The minimum absolute atomic E-state index is 0.707. The predicted octanol–water partition coefficient (Wildman–Crippen LogP) is 2.30. The minimum Gasteiger partial charge on any atom is -0.271 e. The lowest BCUT2D eigenvalue weighted by atomic mass is 10.0. The molecule has 0 bridgehead atoms. The van der Waals surface area contributed by atoms with Crippen molar-refractivity contribution in [1.29, 1.82) is 0 Å². The van der Waals surface area contributed by atoms with Gasteiger partial charge in [0, 0.05) is 18.1 Å². The van der Waals surface area contributed by atoms with E-state index in [2.05, 4.69) is 30.9 Å². The third-order valence-corrected chi connectivity index (χ3v) is 3.26. The van der Waals surface area contributed by atoms with E-state index in [1.165, 1.54) is 24.2 Å². The van der Waals surface area contributed by atoms with E-state index in [-0.39, 0.29) is 0 Å². The van der Waals surface area contributed by atoms with Gasteiger partial charge in [-0.3, -0.25) is 4.57 Å². The molecule has 16 heavy (non-hydrogen) atoms. The second kappa shape index (κ2) is 3.97. The van der Waals surface area contributed by atoms with Gasteiger partial charge in [-0.1, -0.05) is 0 Å². The molecule has 0 atom stereocenters.